The number of rotatable bonds is 15. The van der Waals surface area contributed by atoms with Gasteiger partial charge in [-0.15, -0.1) is 0 Å². The number of carbonyl (C=O) groups is 1. The minimum Gasteiger partial charge on any atom is -0.481 e. The fourth-order valence-electron chi connectivity index (χ4n) is 3.52. The van der Waals surface area contributed by atoms with Gasteiger partial charge in [-0.25, -0.2) is 0 Å². The fourth-order valence-corrected chi connectivity index (χ4v) is 3.52. The topological polar surface area (TPSA) is 50.2 Å². The van der Waals surface area contributed by atoms with E-state index in [0.717, 1.165) is 31.4 Å². The molecule has 1 rings (SSSR count). The van der Waals surface area contributed by atoms with Gasteiger partial charge in [-0.3, -0.25) is 9.78 Å². The first-order valence-electron chi connectivity index (χ1n) is 11.4. The molecule has 0 aliphatic heterocycles. The Labute approximate surface area is 178 Å². The lowest BCUT2D eigenvalue weighted by Crippen LogP contribution is -1.93. The van der Waals surface area contributed by atoms with Crippen LogP contribution in [0.25, 0.3) is 5.57 Å². The van der Waals surface area contributed by atoms with Crippen molar-refractivity contribution < 1.29 is 9.90 Å². The summed E-state index contributed by atoms with van der Waals surface area (Å²) in [5, 5.41) is 8.62. The van der Waals surface area contributed by atoms with Gasteiger partial charge in [-0.05, 0) is 77.5 Å². The van der Waals surface area contributed by atoms with E-state index in [1.807, 2.05) is 18.3 Å². The molecule has 1 aromatic rings. The molecule has 0 aromatic carbocycles. The summed E-state index contributed by atoms with van der Waals surface area (Å²) in [5.74, 6) is -0.668. The van der Waals surface area contributed by atoms with Gasteiger partial charge in [0, 0.05) is 12.6 Å². The Morgan fingerprint density at radius 2 is 1.24 bits per heavy atom. The fraction of sp³-hybridized carbons (Fsp3) is 0.615. The van der Waals surface area contributed by atoms with Crippen LogP contribution in [0.4, 0.5) is 0 Å². The van der Waals surface area contributed by atoms with E-state index in [0.29, 0.717) is 6.42 Å². The molecule has 3 nitrogen and oxygen atoms in total. The smallest absolute Gasteiger partial charge is 0.303 e. The van der Waals surface area contributed by atoms with Crippen molar-refractivity contribution in [2.24, 2.45) is 0 Å². The van der Waals surface area contributed by atoms with Gasteiger partial charge in [0.2, 0.25) is 0 Å². The van der Waals surface area contributed by atoms with Crippen LogP contribution in [0, 0.1) is 0 Å². The molecule has 3 heteroatoms. The number of nitrogens with zero attached hydrogens (tertiary/aromatic N) is 1. The van der Waals surface area contributed by atoms with Crippen LogP contribution >= 0.6 is 0 Å². The van der Waals surface area contributed by atoms with Crippen molar-refractivity contribution >= 4 is 11.5 Å². The van der Waals surface area contributed by atoms with Gasteiger partial charge in [0.1, 0.15) is 0 Å². The van der Waals surface area contributed by atoms with Crippen molar-refractivity contribution in [2.75, 3.05) is 0 Å². The quantitative estimate of drug-likeness (QED) is 0.240. The molecular weight excluding hydrogens is 358 g/mol. The van der Waals surface area contributed by atoms with E-state index in [-0.39, 0.29) is 0 Å². The third-order valence-corrected chi connectivity index (χ3v) is 5.99. The molecule has 0 aliphatic rings. The molecular formula is C26H41NO2. The van der Waals surface area contributed by atoms with Crippen molar-refractivity contribution in [3.8, 4) is 0 Å². The Morgan fingerprint density at radius 1 is 0.724 bits per heavy atom. The van der Waals surface area contributed by atoms with Crippen LogP contribution in [0.3, 0.4) is 0 Å². The van der Waals surface area contributed by atoms with Gasteiger partial charge in [0.05, 0.1) is 5.69 Å². The summed E-state index contributed by atoms with van der Waals surface area (Å²) in [6.45, 7) is 8.99. The Morgan fingerprint density at radius 3 is 1.79 bits per heavy atom. The summed E-state index contributed by atoms with van der Waals surface area (Å²) >= 11 is 0. The van der Waals surface area contributed by atoms with Crippen LogP contribution in [0.15, 0.2) is 41.1 Å². The maximum atomic E-state index is 10.5. The SMILES string of the molecule is CC(CCCCCCCCCCC(=O)O)=C(C)CCC(C)=C(C)c1ccccn1. The average molecular weight is 400 g/mol. The van der Waals surface area contributed by atoms with Crippen molar-refractivity contribution in [1.29, 1.82) is 0 Å². The summed E-state index contributed by atoms with van der Waals surface area (Å²) in [4.78, 5) is 14.9. The first-order chi connectivity index (χ1) is 13.9. The second-order valence-corrected chi connectivity index (χ2v) is 8.40. The van der Waals surface area contributed by atoms with Crippen molar-refractivity contribution in [3.63, 3.8) is 0 Å². The van der Waals surface area contributed by atoms with Crippen LogP contribution in [0.2, 0.25) is 0 Å². The lowest BCUT2D eigenvalue weighted by atomic mass is 9.96. The summed E-state index contributed by atoms with van der Waals surface area (Å²) in [7, 11) is 0. The predicted molar refractivity (Wildman–Crippen MR) is 124 cm³/mol. The number of hydrogen-bond acceptors (Lipinski definition) is 2. The van der Waals surface area contributed by atoms with Crippen LogP contribution in [0.1, 0.15) is 110 Å². The number of unbranched alkanes of at least 4 members (excludes halogenated alkanes) is 7. The summed E-state index contributed by atoms with van der Waals surface area (Å²) in [6.07, 6.45) is 15.1. The molecule has 0 amide bonds. The molecule has 29 heavy (non-hydrogen) atoms. The lowest BCUT2D eigenvalue weighted by molar-refractivity contribution is -0.137. The van der Waals surface area contributed by atoms with E-state index >= 15 is 0 Å². The largest absolute Gasteiger partial charge is 0.481 e. The molecule has 0 atom stereocenters. The Hall–Kier alpha value is -1.90. The summed E-state index contributed by atoms with van der Waals surface area (Å²) in [5.41, 5.74) is 6.92. The molecule has 1 aromatic heterocycles. The normalized spacial score (nSPS) is 13.1. The summed E-state index contributed by atoms with van der Waals surface area (Å²) < 4.78 is 0. The molecule has 0 saturated heterocycles. The number of carboxylic acid groups (broad SMARTS) is 1. The Kier molecular flexibility index (Phi) is 13.0. The van der Waals surface area contributed by atoms with Crippen LogP contribution < -0.4 is 0 Å². The molecule has 0 unspecified atom stereocenters. The number of hydrogen-bond donors (Lipinski definition) is 1. The highest BCUT2D eigenvalue weighted by Gasteiger charge is 2.04. The second kappa shape index (κ2) is 15.0. The molecule has 0 radical (unpaired) electrons. The molecule has 0 aliphatic carbocycles. The van der Waals surface area contributed by atoms with E-state index in [1.165, 1.54) is 61.7 Å². The zero-order valence-electron chi connectivity index (χ0n) is 19.1. The molecule has 0 bridgehead atoms. The molecule has 0 fully saturated rings. The van der Waals surface area contributed by atoms with Gasteiger partial charge >= 0.3 is 5.97 Å². The van der Waals surface area contributed by atoms with Gasteiger partial charge in [0.25, 0.3) is 0 Å². The van der Waals surface area contributed by atoms with Gasteiger partial charge in [0.15, 0.2) is 0 Å². The highest BCUT2D eigenvalue weighted by Crippen LogP contribution is 2.23. The maximum absolute atomic E-state index is 10.5. The van der Waals surface area contributed by atoms with Crippen LogP contribution in [-0.4, -0.2) is 16.1 Å². The average Bonchev–Trinajstić information content (AvgIpc) is 2.72. The lowest BCUT2D eigenvalue weighted by Gasteiger charge is -2.11. The van der Waals surface area contributed by atoms with E-state index in [9.17, 15) is 4.79 Å². The maximum Gasteiger partial charge on any atom is 0.303 e. The van der Waals surface area contributed by atoms with Crippen LogP contribution in [-0.2, 0) is 4.79 Å². The van der Waals surface area contributed by atoms with Gasteiger partial charge < -0.3 is 5.11 Å². The van der Waals surface area contributed by atoms with Crippen LogP contribution in [0.5, 0.6) is 0 Å². The minimum absolute atomic E-state index is 0.322. The van der Waals surface area contributed by atoms with Crippen molar-refractivity contribution in [3.05, 3.63) is 46.8 Å². The highest BCUT2D eigenvalue weighted by molar-refractivity contribution is 5.66. The van der Waals surface area contributed by atoms with Crippen molar-refractivity contribution in [2.45, 2.75) is 105 Å². The Bertz CT molecular complexity index is 659. The van der Waals surface area contributed by atoms with E-state index in [1.54, 1.807) is 5.57 Å². The Balaban J connectivity index is 2.19. The standard InChI is InChI=1S/C26H41NO2/c1-21(15-11-9-7-5-6-8-10-12-17-26(28)29)22(2)18-19-23(3)24(4)25-16-13-14-20-27-25/h13-14,16,20H,5-12,15,17-19H2,1-4H3,(H,28,29). The van der Waals surface area contributed by atoms with E-state index in [2.05, 4.69) is 38.7 Å². The van der Waals surface area contributed by atoms with E-state index < -0.39 is 5.97 Å². The molecule has 0 saturated carbocycles. The van der Waals surface area contributed by atoms with Gasteiger partial charge in [-0.2, -0.15) is 0 Å². The monoisotopic (exact) mass is 399 g/mol. The zero-order valence-corrected chi connectivity index (χ0v) is 19.1. The number of pyridine rings is 1. The molecule has 0 spiro atoms. The molecule has 1 heterocycles. The van der Waals surface area contributed by atoms with Gasteiger partial charge in [-0.1, -0.05) is 61.3 Å². The zero-order chi connectivity index (χ0) is 21.5. The molecule has 1 N–H and O–H groups in total. The van der Waals surface area contributed by atoms with Crippen molar-refractivity contribution in [1.82, 2.24) is 4.98 Å². The highest BCUT2D eigenvalue weighted by atomic mass is 16.4. The summed E-state index contributed by atoms with van der Waals surface area (Å²) in [6, 6.07) is 6.10. The number of aromatic nitrogens is 1. The third-order valence-electron chi connectivity index (χ3n) is 5.99. The first-order valence-corrected chi connectivity index (χ1v) is 11.4. The minimum atomic E-state index is -0.668. The molecule has 162 valence electrons. The predicted octanol–water partition coefficient (Wildman–Crippen LogP) is 7.98. The van der Waals surface area contributed by atoms with E-state index in [4.69, 9.17) is 5.11 Å². The number of aliphatic carboxylic acids is 1. The number of carboxylic acids is 1. The third kappa shape index (κ3) is 11.6. The first kappa shape index (κ1) is 25.1. The number of allylic oxidation sites excluding steroid dienone is 4. The second-order valence-electron chi connectivity index (χ2n) is 8.40.